The van der Waals surface area contributed by atoms with E-state index in [1.807, 2.05) is 0 Å². The molecule has 3 aromatic rings. The van der Waals surface area contributed by atoms with Gasteiger partial charge in [-0.1, -0.05) is 0 Å². The standard InChI is InChI=1S/C16H13N5O3/c1-24-16(23)11-2-4-12(5-3-11)18-15(22)13-6-7-14(20-19-13)21-9-8-17-10-21/h2-10H,1H3,(H,18,22). The molecule has 0 atom stereocenters. The van der Waals surface area contributed by atoms with Crippen molar-refractivity contribution in [2.24, 2.45) is 0 Å². The van der Waals surface area contributed by atoms with Gasteiger partial charge in [0, 0.05) is 18.1 Å². The predicted octanol–water partition coefficient (Wildman–Crippen LogP) is 1.70. The number of ether oxygens (including phenoxy) is 1. The highest BCUT2D eigenvalue weighted by Gasteiger charge is 2.10. The lowest BCUT2D eigenvalue weighted by molar-refractivity contribution is 0.0600. The minimum Gasteiger partial charge on any atom is -0.465 e. The monoisotopic (exact) mass is 323 g/mol. The summed E-state index contributed by atoms with van der Waals surface area (Å²) in [7, 11) is 1.31. The van der Waals surface area contributed by atoms with Crippen molar-refractivity contribution in [3.63, 3.8) is 0 Å². The Bertz CT molecular complexity index is 842. The number of nitrogens with zero attached hydrogens (tertiary/aromatic N) is 4. The van der Waals surface area contributed by atoms with Gasteiger partial charge in [0.2, 0.25) is 0 Å². The number of aromatic nitrogens is 4. The zero-order chi connectivity index (χ0) is 16.9. The van der Waals surface area contributed by atoms with E-state index in [4.69, 9.17) is 0 Å². The summed E-state index contributed by atoms with van der Waals surface area (Å²) in [5.74, 6) is -0.272. The zero-order valence-corrected chi connectivity index (χ0v) is 12.7. The minimum atomic E-state index is -0.436. The fourth-order valence-electron chi connectivity index (χ4n) is 1.98. The first-order valence-electron chi connectivity index (χ1n) is 6.99. The number of rotatable bonds is 4. The van der Waals surface area contributed by atoms with Gasteiger partial charge in [0.05, 0.1) is 12.7 Å². The Morgan fingerprint density at radius 2 is 1.88 bits per heavy atom. The molecule has 0 saturated heterocycles. The Hall–Kier alpha value is -3.55. The van der Waals surface area contributed by atoms with Crippen LogP contribution in [0.25, 0.3) is 5.82 Å². The minimum absolute atomic E-state index is 0.177. The molecular formula is C16H13N5O3. The molecule has 2 heterocycles. The Morgan fingerprint density at radius 1 is 1.08 bits per heavy atom. The van der Waals surface area contributed by atoms with E-state index in [9.17, 15) is 9.59 Å². The zero-order valence-electron chi connectivity index (χ0n) is 12.7. The molecule has 0 saturated carbocycles. The lowest BCUT2D eigenvalue weighted by Gasteiger charge is -2.06. The number of benzene rings is 1. The van der Waals surface area contributed by atoms with Crippen molar-refractivity contribution in [2.45, 2.75) is 0 Å². The highest BCUT2D eigenvalue weighted by atomic mass is 16.5. The third-order valence-corrected chi connectivity index (χ3v) is 3.22. The van der Waals surface area contributed by atoms with Crippen LogP contribution < -0.4 is 5.32 Å². The van der Waals surface area contributed by atoms with E-state index >= 15 is 0 Å². The Kier molecular flexibility index (Phi) is 4.28. The highest BCUT2D eigenvalue weighted by Crippen LogP contribution is 2.12. The van der Waals surface area contributed by atoms with Crippen LogP contribution in [0.4, 0.5) is 5.69 Å². The molecule has 0 bridgehead atoms. The number of hydrogen-bond donors (Lipinski definition) is 1. The molecule has 0 radical (unpaired) electrons. The summed E-state index contributed by atoms with van der Waals surface area (Å²) in [6, 6.07) is 9.59. The molecule has 1 N–H and O–H groups in total. The van der Waals surface area contributed by atoms with Crippen molar-refractivity contribution in [3.05, 3.63) is 66.4 Å². The molecule has 0 fully saturated rings. The lowest BCUT2D eigenvalue weighted by Crippen LogP contribution is -2.15. The van der Waals surface area contributed by atoms with Gasteiger partial charge in [-0.25, -0.2) is 9.78 Å². The summed E-state index contributed by atoms with van der Waals surface area (Å²) in [5.41, 5.74) is 1.11. The largest absolute Gasteiger partial charge is 0.465 e. The molecule has 0 aliphatic rings. The molecule has 1 amide bonds. The third kappa shape index (κ3) is 3.27. The van der Waals surface area contributed by atoms with Crippen LogP contribution >= 0.6 is 0 Å². The first-order chi connectivity index (χ1) is 11.7. The number of nitrogens with one attached hydrogen (secondary N) is 1. The molecule has 3 rings (SSSR count). The number of imidazole rings is 1. The summed E-state index contributed by atoms with van der Waals surface area (Å²) >= 11 is 0. The van der Waals surface area contributed by atoms with E-state index in [-0.39, 0.29) is 5.69 Å². The molecule has 0 aliphatic heterocycles. The van der Waals surface area contributed by atoms with Gasteiger partial charge in [-0.15, -0.1) is 10.2 Å². The maximum Gasteiger partial charge on any atom is 0.337 e. The van der Waals surface area contributed by atoms with Gasteiger partial charge in [0.25, 0.3) is 5.91 Å². The molecule has 0 unspecified atom stereocenters. The normalized spacial score (nSPS) is 10.2. The van der Waals surface area contributed by atoms with E-state index in [1.165, 1.54) is 7.11 Å². The van der Waals surface area contributed by atoms with Crippen molar-refractivity contribution >= 4 is 17.6 Å². The second kappa shape index (κ2) is 6.69. The number of carbonyl (C=O) groups is 2. The van der Waals surface area contributed by atoms with E-state index in [1.54, 1.807) is 59.7 Å². The third-order valence-electron chi connectivity index (χ3n) is 3.22. The van der Waals surface area contributed by atoms with Crippen molar-refractivity contribution in [1.29, 1.82) is 0 Å². The molecule has 8 nitrogen and oxygen atoms in total. The first-order valence-corrected chi connectivity index (χ1v) is 6.99. The van der Waals surface area contributed by atoms with E-state index in [0.717, 1.165) is 0 Å². The van der Waals surface area contributed by atoms with Crippen LogP contribution in [0.5, 0.6) is 0 Å². The van der Waals surface area contributed by atoms with E-state index < -0.39 is 11.9 Å². The summed E-state index contributed by atoms with van der Waals surface area (Å²) in [6.07, 6.45) is 4.94. The number of esters is 1. The van der Waals surface area contributed by atoms with Crippen LogP contribution in [0.2, 0.25) is 0 Å². The first kappa shape index (κ1) is 15.3. The molecular weight excluding hydrogens is 310 g/mol. The van der Waals surface area contributed by atoms with E-state index in [0.29, 0.717) is 17.1 Å². The number of carbonyl (C=O) groups excluding carboxylic acids is 2. The van der Waals surface area contributed by atoms with Gasteiger partial charge < -0.3 is 10.1 Å². The fraction of sp³-hybridized carbons (Fsp3) is 0.0625. The maximum absolute atomic E-state index is 12.2. The Labute approximate surface area is 137 Å². The number of hydrogen-bond acceptors (Lipinski definition) is 6. The molecule has 8 heteroatoms. The molecule has 0 aliphatic carbocycles. The van der Waals surface area contributed by atoms with Crippen LogP contribution in [-0.2, 0) is 4.74 Å². The summed E-state index contributed by atoms with van der Waals surface area (Å²) < 4.78 is 6.30. The van der Waals surface area contributed by atoms with Gasteiger partial charge in [-0.2, -0.15) is 0 Å². The summed E-state index contributed by atoms with van der Waals surface area (Å²) in [4.78, 5) is 27.4. The molecule has 0 spiro atoms. The van der Waals surface area contributed by atoms with Crippen molar-refractivity contribution in [1.82, 2.24) is 19.7 Å². The maximum atomic E-state index is 12.2. The quantitative estimate of drug-likeness (QED) is 0.734. The van der Waals surface area contributed by atoms with Crippen LogP contribution in [0.15, 0.2) is 55.1 Å². The summed E-state index contributed by atoms with van der Waals surface area (Å²) in [6.45, 7) is 0. The van der Waals surface area contributed by atoms with Crippen molar-refractivity contribution in [2.75, 3.05) is 12.4 Å². The van der Waals surface area contributed by atoms with Crippen molar-refractivity contribution < 1.29 is 14.3 Å². The van der Waals surface area contributed by atoms with Gasteiger partial charge in [0.15, 0.2) is 11.5 Å². The van der Waals surface area contributed by atoms with Crippen LogP contribution in [0.3, 0.4) is 0 Å². The topological polar surface area (TPSA) is 99.0 Å². The fourth-order valence-corrected chi connectivity index (χ4v) is 1.98. The molecule has 120 valence electrons. The molecule has 2 aromatic heterocycles. The lowest BCUT2D eigenvalue weighted by atomic mass is 10.2. The summed E-state index contributed by atoms with van der Waals surface area (Å²) in [5, 5.41) is 10.6. The van der Waals surface area contributed by atoms with Crippen LogP contribution in [-0.4, -0.2) is 38.7 Å². The van der Waals surface area contributed by atoms with E-state index in [2.05, 4.69) is 25.2 Å². The van der Waals surface area contributed by atoms with Gasteiger partial charge >= 0.3 is 5.97 Å². The van der Waals surface area contributed by atoms with Gasteiger partial charge in [-0.3, -0.25) is 9.36 Å². The van der Waals surface area contributed by atoms with Gasteiger partial charge in [0.1, 0.15) is 6.33 Å². The highest BCUT2D eigenvalue weighted by molar-refractivity contribution is 6.03. The second-order valence-corrected chi connectivity index (χ2v) is 4.77. The molecule has 1 aromatic carbocycles. The average molecular weight is 323 g/mol. The van der Waals surface area contributed by atoms with Crippen LogP contribution in [0.1, 0.15) is 20.8 Å². The Balaban J connectivity index is 1.69. The Morgan fingerprint density at radius 3 is 2.46 bits per heavy atom. The van der Waals surface area contributed by atoms with Crippen LogP contribution in [0, 0.1) is 0 Å². The predicted molar refractivity (Wildman–Crippen MR) is 84.9 cm³/mol. The molecule has 24 heavy (non-hydrogen) atoms. The smallest absolute Gasteiger partial charge is 0.337 e. The number of amides is 1. The number of methoxy groups -OCH3 is 1. The van der Waals surface area contributed by atoms with Gasteiger partial charge in [-0.05, 0) is 36.4 Å². The van der Waals surface area contributed by atoms with Crippen molar-refractivity contribution in [3.8, 4) is 5.82 Å². The average Bonchev–Trinajstić information content (AvgIpc) is 3.16. The second-order valence-electron chi connectivity index (χ2n) is 4.77. The SMILES string of the molecule is COC(=O)c1ccc(NC(=O)c2ccc(-n3ccnc3)nn2)cc1. The number of anilines is 1.